The van der Waals surface area contributed by atoms with Crippen molar-refractivity contribution in [3.05, 3.63) is 48.0 Å². The molecule has 0 saturated carbocycles. The molecule has 6 nitrogen and oxygen atoms in total. The summed E-state index contributed by atoms with van der Waals surface area (Å²) < 4.78 is 8.22. The summed E-state index contributed by atoms with van der Waals surface area (Å²) in [5.74, 6) is 1.49. The van der Waals surface area contributed by atoms with Gasteiger partial charge in [-0.3, -0.25) is 0 Å². The number of hydrogen-bond acceptors (Lipinski definition) is 3. The van der Waals surface area contributed by atoms with E-state index in [1.165, 1.54) is 0 Å². The number of ether oxygens (including phenoxy) is 1. The molecule has 6 heteroatoms. The zero-order chi connectivity index (χ0) is 19.2. The van der Waals surface area contributed by atoms with Crippen LogP contribution in [0.4, 0.5) is 4.79 Å². The van der Waals surface area contributed by atoms with Gasteiger partial charge in [0.05, 0.1) is 18.6 Å². The minimum absolute atomic E-state index is 0.0124. The van der Waals surface area contributed by atoms with Gasteiger partial charge in [0.2, 0.25) is 0 Å². The summed E-state index contributed by atoms with van der Waals surface area (Å²) in [7, 11) is 0. The molecule has 2 heterocycles. The lowest BCUT2D eigenvalue weighted by atomic mass is 10.1. The summed E-state index contributed by atoms with van der Waals surface area (Å²) in [5.41, 5.74) is 2.19. The highest BCUT2D eigenvalue weighted by atomic mass is 16.5. The number of piperidine rings is 1. The number of imidazole rings is 1. The van der Waals surface area contributed by atoms with E-state index in [0.717, 1.165) is 36.4 Å². The summed E-state index contributed by atoms with van der Waals surface area (Å²) in [5, 5.41) is 3.03. The summed E-state index contributed by atoms with van der Waals surface area (Å²) in [6.07, 6.45) is 5.53. The van der Waals surface area contributed by atoms with Crippen LogP contribution < -0.4 is 10.1 Å². The van der Waals surface area contributed by atoms with E-state index < -0.39 is 0 Å². The van der Waals surface area contributed by atoms with Crippen LogP contribution in [0.1, 0.15) is 37.9 Å². The summed E-state index contributed by atoms with van der Waals surface area (Å²) in [6, 6.07) is 8.06. The van der Waals surface area contributed by atoms with Gasteiger partial charge in [-0.2, -0.15) is 0 Å². The Labute approximate surface area is 161 Å². The van der Waals surface area contributed by atoms with Crippen LogP contribution >= 0.6 is 0 Å². The minimum atomic E-state index is -0.0124. The highest BCUT2D eigenvalue weighted by molar-refractivity contribution is 5.74. The molecule has 0 aliphatic carbocycles. The lowest BCUT2D eigenvalue weighted by Gasteiger charge is -2.32. The average Bonchev–Trinajstić information content (AvgIpc) is 3.08. The SMILES string of the molecule is Cc1ccccc1OC1CCN(C(=O)NCc2cncn2CC(C)C)CC1. The molecule has 2 aromatic rings. The van der Waals surface area contributed by atoms with Crippen LogP contribution in [-0.2, 0) is 13.1 Å². The third-order valence-corrected chi connectivity index (χ3v) is 4.90. The van der Waals surface area contributed by atoms with Gasteiger partial charge < -0.3 is 19.5 Å². The van der Waals surface area contributed by atoms with E-state index in [1.807, 2.05) is 35.6 Å². The van der Waals surface area contributed by atoms with E-state index in [4.69, 9.17) is 4.74 Å². The van der Waals surface area contributed by atoms with E-state index >= 15 is 0 Å². The standard InChI is InChI=1S/C21H30N4O2/c1-16(2)14-25-15-22-12-18(25)13-23-21(26)24-10-8-19(9-11-24)27-20-7-5-4-6-17(20)3/h4-7,12,15-16,19H,8-11,13-14H2,1-3H3,(H,23,26). The first kappa shape index (κ1) is 19.3. The van der Waals surface area contributed by atoms with Gasteiger partial charge in [-0.15, -0.1) is 0 Å². The van der Waals surface area contributed by atoms with E-state index in [1.54, 1.807) is 0 Å². The van der Waals surface area contributed by atoms with Crippen LogP contribution in [0, 0.1) is 12.8 Å². The molecule has 0 spiro atoms. The number of amides is 2. The van der Waals surface area contributed by atoms with Crippen LogP contribution in [0.15, 0.2) is 36.8 Å². The lowest BCUT2D eigenvalue weighted by Crippen LogP contribution is -2.46. The highest BCUT2D eigenvalue weighted by Crippen LogP contribution is 2.22. The highest BCUT2D eigenvalue weighted by Gasteiger charge is 2.24. The zero-order valence-corrected chi connectivity index (χ0v) is 16.5. The molecule has 1 N–H and O–H groups in total. The number of carbonyl (C=O) groups excluding carboxylic acids is 1. The fourth-order valence-corrected chi connectivity index (χ4v) is 3.38. The molecule has 0 bridgehead atoms. The number of hydrogen-bond donors (Lipinski definition) is 1. The third-order valence-electron chi connectivity index (χ3n) is 4.90. The van der Waals surface area contributed by atoms with Crippen molar-refractivity contribution in [2.45, 2.75) is 52.8 Å². The number of nitrogens with one attached hydrogen (secondary N) is 1. The van der Waals surface area contributed by atoms with Gasteiger partial charge in [-0.1, -0.05) is 32.0 Å². The van der Waals surface area contributed by atoms with Gasteiger partial charge in [0.25, 0.3) is 0 Å². The number of aromatic nitrogens is 2. The Balaban J connectivity index is 1.45. The Hall–Kier alpha value is -2.50. The van der Waals surface area contributed by atoms with Crippen LogP contribution in [0.2, 0.25) is 0 Å². The van der Waals surface area contributed by atoms with Crippen molar-refractivity contribution >= 4 is 6.03 Å². The van der Waals surface area contributed by atoms with Crippen molar-refractivity contribution in [2.24, 2.45) is 5.92 Å². The maximum Gasteiger partial charge on any atom is 0.317 e. The van der Waals surface area contributed by atoms with Crippen molar-refractivity contribution in [2.75, 3.05) is 13.1 Å². The van der Waals surface area contributed by atoms with Gasteiger partial charge in [0.1, 0.15) is 11.9 Å². The van der Waals surface area contributed by atoms with Crippen molar-refractivity contribution < 1.29 is 9.53 Å². The summed E-state index contributed by atoms with van der Waals surface area (Å²) >= 11 is 0. The number of nitrogens with zero attached hydrogens (tertiary/aromatic N) is 3. The first-order valence-electron chi connectivity index (χ1n) is 9.77. The fraction of sp³-hybridized carbons (Fsp3) is 0.524. The molecule has 0 radical (unpaired) electrons. The molecule has 0 atom stereocenters. The molecule has 1 aliphatic rings. The van der Waals surface area contributed by atoms with Gasteiger partial charge in [0.15, 0.2) is 0 Å². The Morgan fingerprint density at radius 3 is 2.74 bits per heavy atom. The number of carbonyl (C=O) groups is 1. The molecule has 27 heavy (non-hydrogen) atoms. The maximum absolute atomic E-state index is 12.5. The van der Waals surface area contributed by atoms with E-state index in [0.29, 0.717) is 25.6 Å². The second-order valence-corrected chi connectivity index (χ2v) is 7.66. The lowest BCUT2D eigenvalue weighted by molar-refractivity contribution is 0.110. The van der Waals surface area contributed by atoms with Gasteiger partial charge in [0, 0.05) is 38.7 Å². The molecule has 1 aromatic carbocycles. The second-order valence-electron chi connectivity index (χ2n) is 7.66. The van der Waals surface area contributed by atoms with Crippen molar-refractivity contribution in [1.29, 1.82) is 0 Å². The van der Waals surface area contributed by atoms with Crippen LogP contribution in [-0.4, -0.2) is 39.7 Å². The topological polar surface area (TPSA) is 59.4 Å². The van der Waals surface area contributed by atoms with Crippen molar-refractivity contribution in [1.82, 2.24) is 19.8 Å². The van der Waals surface area contributed by atoms with Gasteiger partial charge in [-0.25, -0.2) is 9.78 Å². The van der Waals surface area contributed by atoms with Crippen molar-refractivity contribution in [3.8, 4) is 5.75 Å². The number of para-hydroxylation sites is 1. The Bertz CT molecular complexity index is 748. The fourth-order valence-electron chi connectivity index (χ4n) is 3.38. The first-order valence-corrected chi connectivity index (χ1v) is 9.77. The first-order chi connectivity index (χ1) is 13.0. The molecule has 0 unspecified atom stereocenters. The maximum atomic E-state index is 12.5. The summed E-state index contributed by atoms with van der Waals surface area (Å²) in [6.45, 7) is 9.25. The molecule has 1 aromatic heterocycles. The number of aryl methyl sites for hydroxylation is 1. The molecular formula is C21H30N4O2. The van der Waals surface area contributed by atoms with Gasteiger partial charge in [-0.05, 0) is 24.5 Å². The molecule has 1 fully saturated rings. The molecule has 1 saturated heterocycles. The normalized spacial score (nSPS) is 15.2. The van der Waals surface area contributed by atoms with Crippen LogP contribution in [0.3, 0.4) is 0 Å². The molecule has 3 rings (SSSR count). The molecule has 2 amide bonds. The van der Waals surface area contributed by atoms with Crippen molar-refractivity contribution in [3.63, 3.8) is 0 Å². The molecule has 1 aliphatic heterocycles. The predicted octanol–water partition coefficient (Wildman–Crippen LogP) is 3.60. The van der Waals surface area contributed by atoms with Gasteiger partial charge >= 0.3 is 6.03 Å². The summed E-state index contributed by atoms with van der Waals surface area (Å²) in [4.78, 5) is 18.6. The average molecular weight is 370 g/mol. The predicted molar refractivity (Wildman–Crippen MR) is 106 cm³/mol. The second kappa shape index (κ2) is 8.93. The van der Waals surface area contributed by atoms with E-state index in [9.17, 15) is 4.79 Å². The van der Waals surface area contributed by atoms with E-state index in [-0.39, 0.29) is 12.1 Å². The quantitative estimate of drug-likeness (QED) is 0.845. The molecular weight excluding hydrogens is 340 g/mol. The van der Waals surface area contributed by atoms with E-state index in [2.05, 4.69) is 41.7 Å². The largest absolute Gasteiger partial charge is 0.490 e. The Morgan fingerprint density at radius 2 is 2.04 bits per heavy atom. The minimum Gasteiger partial charge on any atom is -0.490 e. The van der Waals surface area contributed by atoms with Crippen LogP contribution in [0.25, 0.3) is 0 Å². The monoisotopic (exact) mass is 370 g/mol. The zero-order valence-electron chi connectivity index (χ0n) is 16.5. The Kier molecular flexibility index (Phi) is 6.37. The smallest absolute Gasteiger partial charge is 0.317 e. The molecule has 146 valence electrons. The van der Waals surface area contributed by atoms with Crippen LogP contribution in [0.5, 0.6) is 5.75 Å². The third kappa shape index (κ3) is 5.25. The Morgan fingerprint density at radius 1 is 1.30 bits per heavy atom. The number of urea groups is 1. The number of likely N-dealkylation sites (tertiary alicyclic amines) is 1. The number of rotatable bonds is 6. The number of benzene rings is 1.